The highest BCUT2D eigenvalue weighted by molar-refractivity contribution is 5.75. The van der Waals surface area contributed by atoms with E-state index in [4.69, 9.17) is 0 Å². The van der Waals surface area contributed by atoms with Gasteiger partial charge in [0.05, 0.1) is 12.2 Å². The van der Waals surface area contributed by atoms with Crippen LogP contribution in [-0.4, -0.2) is 25.3 Å². The number of ether oxygens (including phenoxy) is 1. The van der Waals surface area contributed by atoms with Gasteiger partial charge in [0.1, 0.15) is 6.61 Å². The van der Waals surface area contributed by atoms with E-state index in [-0.39, 0.29) is 13.0 Å². The molecule has 0 aliphatic rings. The summed E-state index contributed by atoms with van der Waals surface area (Å²) in [5, 5.41) is 2.37. The van der Waals surface area contributed by atoms with Crippen LogP contribution in [0.2, 0.25) is 0 Å². The molecule has 0 radical (unpaired) electrons. The van der Waals surface area contributed by atoms with Gasteiger partial charge in [0, 0.05) is 13.0 Å². The Morgan fingerprint density at radius 2 is 1.64 bits per heavy atom. The molecule has 1 amide bonds. The summed E-state index contributed by atoms with van der Waals surface area (Å²) in [5.41, 5.74) is -0.360. The number of halogens is 6. The van der Waals surface area contributed by atoms with E-state index in [9.17, 15) is 31.1 Å². The summed E-state index contributed by atoms with van der Waals surface area (Å²) in [6.45, 7) is -1.84. The number of carbonyl (C=O) groups excluding carboxylic acids is 1. The molecule has 3 nitrogen and oxygen atoms in total. The maximum Gasteiger partial charge on any atom is 0.416 e. The van der Waals surface area contributed by atoms with Crippen molar-refractivity contribution in [2.45, 2.75) is 25.3 Å². The van der Waals surface area contributed by atoms with Gasteiger partial charge < -0.3 is 10.1 Å². The van der Waals surface area contributed by atoms with Crippen molar-refractivity contribution in [2.24, 2.45) is 0 Å². The monoisotopic (exact) mass is 329 g/mol. The van der Waals surface area contributed by atoms with Crippen molar-refractivity contribution < 1.29 is 35.9 Å². The molecule has 0 bridgehead atoms. The van der Waals surface area contributed by atoms with Crippen molar-refractivity contribution in [2.75, 3.05) is 13.2 Å². The first-order valence-electron chi connectivity index (χ1n) is 6.15. The fourth-order valence-electron chi connectivity index (χ4n) is 1.45. The normalized spacial score (nSPS) is 12.3. The minimum absolute atomic E-state index is 0.0176. The van der Waals surface area contributed by atoms with Crippen molar-refractivity contribution in [1.82, 2.24) is 5.32 Å². The zero-order chi connectivity index (χ0) is 16.8. The van der Waals surface area contributed by atoms with Gasteiger partial charge in [-0.15, -0.1) is 0 Å². The molecule has 0 aliphatic carbocycles. The minimum Gasteiger partial charge on any atom is -0.372 e. The lowest BCUT2D eigenvalue weighted by atomic mass is 10.1. The van der Waals surface area contributed by atoms with Gasteiger partial charge >= 0.3 is 12.4 Å². The van der Waals surface area contributed by atoms with Crippen LogP contribution in [0.4, 0.5) is 26.3 Å². The van der Waals surface area contributed by atoms with Crippen molar-refractivity contribution >= 4 is 5.91 Å². The Morgan fingerprint density at radius 3 is 2.14 bits per heavy atom. The van der Waals surface area contributed by atoms with Crippen molar-refractivity contribution in [3.05, 3.63) is 35.4 Å². The Morgan fingerprint density at radius 1 is 1.05 bits per heavy atom. The molecule has 124 valence electrons. The highest BCUT2D eigenvalue weighted by Crippen LogP contribution is 2.29. The van der Waals surface area contributed by atoms with Gasteiger partial charge in [-0.1, -0.05) is 12.1 Å². The van der Waals surface area contributed by atoms with Gasteiger partial charge in [0.15, 0.2) is 0 Å². The number of nitrogens with one attached hydrogen (secondary N) is 1. The molecule has 1 aromatic carbocycles. The Labute approximate surface area is 122 Å². The molecule has 0 unspecified atom stereocenters. The third-order valence-electron chi connectivity index (χ3n) is 2.51. The van der Waals surface area contributed by atoms with Crippen LogP contribution < -0.4 is 5.32 Å². The van der Waals surface area contributed by atoms with Gasteiger partial charge in [-0.25, -0.2) is 0 Å². The van der Waals surface area contributed by atoms with E-state index >= 15 is 0 Å². The zero-order valence-corrected chi connectivity index (χ0v) is 11.2. The molecule has 0 fully saturated rings. The lowest BCUT2D eigenvalue weighted by Gasteiger charge is -2.09. The predicted molar refractivity (Wildman–Crippen MR) is 64.8 cm³/mol. The number of hydrogen-bond acceptors (Lipinski definition) is 2. The van der Waals surface area contributed by atoms with E-state index in [1.165, 1.54) is 12.1 Å². The molecule has 1 aromatic rings. The molecular weight excluding hydrogens is 316 g/mol. The molecule has 0 aliphatic heterocycles. The predicted octanol–water partition coefficient (Wildman–Crippen LogP) is 3.29. The average molecular weight is 329 g/mol. The summed E-state index contributed by atoms with van der Waals surface area (Å²) in [6, 6.07) is 4.19. The Balaban J connectivity index is 2.29. The van der Waals surface area contributed by atoms with E-state index in [1.54, 1.807) is 0 Å². The van der Waals surface area contributed by atoms with Gasteiger partial charge in [0.2, 0.25) is 5.91 Å². The van der Waals surface area contributed by atoms with Crippen LogP contribution >= 0.6 is 0 Å². The van der Waals surface area contributed by atoms with Crippen LogP contribution in [0, 0.1) is 0 Å². The first-order valence-corrected chi connectivity index (χ1v) is 6.15. The molecule has 0 spiro atoms. The largest absolute Gasteiger partial charge is 0.416 e. The van der Waals surface area contributed by atoms with E-state index in [1.807, 2.05) is 0 Å². The van der Waals surface area contributed by atoms with Crippen LogP contribution in [0.25, 0.3) is 0 Å². The quantitative estimate of drug-likeness (QED) is 0.642. The van der Waals surface area contributed by atoms with Crippen LogP contribution in [-0.2, 0) is 22.3 Å². The standard InChI is InChI=1S/C13H13F6NO2/c14-12(15,16)8-22-6-5-11(21)20-7-9-1-3-10(4-2-9)13(17,18)19/h1-4H,5-8H2,(H,20,21). The highest BCUT2D eigenvalue weighted by atomic mass is 19.4. The molecular formula is C13H13F6NO2. The minimum atomic E-state index is -4.45. The summed E-state index contributed by atoms with van der Waals surface area (Å²) in [5.74, 6) is -0.554. The van der Waals surface area contributed by atoms with Gasteiger partial charge in [-0.2, -0.15) is 26.3 Å². The summed E-state index contributed by atoms with van der Waals surface area (Å²) < 4.78 is 76.5. The first-order chi connectivity index (χ1) is 10.1. The maximum absolute atomic E-state index is 12.3. The number of alkyl halides is 6. The average Bonchev–Trinajstić information content (AvgIpc) is 2.40. The summed E-state index contributed by atoms with van der Waals surface area (Å²) in [4.78, 5) is 11.3. The molecule has 1 rings (SSSR count). The van der Waals surface area contributed by atoms with Crippen molar-refractivity contribution in [1.29, 1.82) is 0 Å². The van der Waals surface area contributed by atoms with Crippen molar-refractivity contribution in [3.63, 3.8) is 0 Å². The number of hydrogen-bond donors (Lipinski definition) is 1. The SMILES string of the molecule is O=C(CCOCC(F)(F)F)NCc1ccc(C(F)(F)F)cc1. The topological polar surface area (TPSA) is 38.3 Å². The number of amides is 1. The van der Waals surface area contributed by atoms with E-state index < -0.39 is 37.0 Å². The molecule has 0 saturated carbocycles. The number of carbonyl (C=O) groups is 1. The molecule has 0 saturated heterocycles. The Kier molecular flexibility index (Phi) is 6.21. The molecule has 1 N–H and O–H groups in total. The van der Waals surface area contributed by atoms with E-state index in [0.717, 1.165) is 12.1 Å². The third kappa shape index (κ3) is 7.30. The molecule has 0 atom stereocenters. The summed E-state index contributed by atoms with van der Waals surface area (Å²) in [7, 11) is 0. The second kappa shape index (κ2) is 7.48. The number of benzene rings is 1. The van der Waals surface area contributed by atoms with E-state index in [2.05, 4.69) is 10.1 Å². The van der Waals surface area contributed by atoms with E-state index in [0.29, 0.717) is 5.56 Å². The van der Waals surface area contributed by atoms with Crippen molar-refractivity contribution in [3.8, 4) is 0 Å². The van der Waals surface area contributed by atoms with Crippen LogP contribution in [0.15, 0.2) is 24.3 Å². The summed E-state index contributed by atoms with van der Waals surface area (Å²) >= 11 is 0. The summed E-state index contributed by atoms with van der Waals surface area (Å²) in [6.07, 6.45) is -9.15. The molecule has 9 heteroatoms. The Hall–Kier alpha value is -1.77. The van der Waals surface area contributed by atoms with Crippen LogP contribution in [0.1, 0.15) is 17.5 Å². The second-order valence-electron chi connectivity index (χ2n) is 4.39. The van der Waals surface area contributed by atoms with Gasteiger partial charge in [0.25, 0.3) is 0 Å². The first kappa shape index (κ1) is 18.3. The fraction of sp³-hybridized carbons (Fsp3) is 0.462. The number of rotatable bonds is 6. The molecule has 0 aromatic heterocycles. The van der Waals surface area contributed by atoms with Crippen LogP contribution in [0.3, 0.4) is 0 Å². The maximum atomic E-state index is 12.3. The van der Waals surface area contributed by atoms with Gasteiger partial charge in [-0.3, -0.25) is 4.79 Å². The molecule has 22 heavy (non-hydrogen) atoms. The fourth-order valence-corrected chi connectivity index (χ4v) is 1.45. The zero-order valence-electron chi connectivity index (χ0n) is 11.2. The highest BCUT2D eigenvalue weighted by Gasteiger charge is 2.30. The lowest BCUT2D eigenvalue weighted by Crippen LogP contribution is -2.25. The van der Waals surface area contributed by atoms with Gasteiger partial charge in [-0.05, 0) is 17.7 Å². The smallest absolute Gasteiger partial charge is 0.372 e. The molecule has 0 heterocycles. The third-order valence-corrected chi connectivity index (χ3v) is 2.51. The second-order valence-corrected chi connectivity index (χ2v) is 4.39. The van der Waals surface area contributed by atoms with Crippen LogP contribution in [0.5, 0.6) is 0 Å². The Bertz CT molecular complexity index is 481. The lowest BCUT2D eigenvalue weighted by molar-refractivity contribution is -0.174.